The van der Waals surface area contributed by atoms with Crippen molar-refractivity contribution >= 4 is 15.9 Å². The lowest BCUT2D eigenvalue weighted by atomic mass is 9.85. The molecule has 94 valence electrons. The van der Waals surface area contributed by atoms with Crippen LogP contribution in [-0.2, 0) is 5.60 Å². The minimum absolute atomic E-state index is 0.270. The highest BCUT2D eigenvalue weighted by Crippen LogP contribution is 2.34. The maximum Gasteiger partial charge on any atom is 0.143 e. The Bertz CT molecular complexity index is 578. The number of aryl methyl sites for hydroxylation is 1. The number of rotatable bonds is 2. The number of benzene rings is 2. The molecule has 0 saturated heterocycles. The van der Waals surface area contributed by atoms with Crippen LogP contribution in [0.15, 0.2) is 46.9 Å². The summed E-state index contributed by atoms with van der Waals surface area (Å²) in [4.78, 5) is 0. The van der Waals surface area contributed by atoms with Gasteiger partial charge in [-0.05, 0) is 47.0 Å². The summed E-state index contributed by atoms with van der Waals surface area (Å²) in [6.45, 7) is 3.51. The SMILES string of the molecule is Cc1ccccc1C(C)(O)c1cccc(Br)c1F. The first-order valence-electron chi connectivity index (χ1n) is 5.67. The highest BCUT2D eigenvalue weighted by atomic mass is 79.9. The van der Waals surface area contributed by atoms with Gasteiger partial charge in [0.15, 0.2) is 0 Å². The van der Waals surface area contributed by atoms with Crippen LogP contribution in [0.4, 0.5) is 4.39 Å². The quantitative estimate of drug-likeness (QED) is 0.883. The third-order valence-electron chi connectivity index (χ3n) is 3.15. The lowest BCUT2D eigenvalue weighted by Crippen LogP contribution is -2.25. The first-order chi connectivity index (χ1) is 8.44. The van der Waals surface area contributed by atoms with Crippen molar-refractivity contribution in [2.24, 2.45) is 0 Å². The monoisotopic (exact) mass is 308 g/mol. The standard InChI is InChI=1S/C15H14BrFO/c1-10-6-3-4-7-11(10)15(2,18)12-8-5-9-13(16)14(12)17/h3-9,18H,1-2H3. The average Bonchev–Trinajstić information content (AvgIpc) is 2.32. The van der Waals surface area contributed by atoms with Crippen molar-refractivity contribution in [1.82, 2.24) is 0 Å². The van der Waals surface area contributed by atoms with E-state index in [1.54, 1.807) is 25.1 Å². The zero-order valence-electron chi connectivity index (χ0n) is 10.2. The van der Waals surface area contributed by atoms with Crippen LogP contribution >= 0.6 is 15.9 Å². The fraction of sp³-hybridized carbons (Fsp3) is 0.200. The predicted molar refractivity (Wildman–Crippen MR) is 74.0 cm³/mol. The number of aliphatic hydroxyl groups is 1. The first-order valence-corrected chi connectivity index (χ1v) is 6.47. The second-order valence-electron chi connectivity index (χ2n) is 4.49. The van der Waals surface area contributed by atoms with Gasteiger partial charge in [0.1, 0.15) is 11.4 Å². The Hall–Kier alpha value is -1.19. The molecule has 0 aliphatic carbocycles. The summed E-state index contributed by atoms with van der Waals surface area (Å²) in [6, 6.07) is 12.4. The zero-order chi connectivity index (χ0) is 13.3. The van der Waals surface area contributed by atoms with Gasteiger partial charge in [0.05, 0.1) is 4.47 Å². The van der Waals surface area contributed by atoms with Gasteiger partial charge in [-0.1, -0.05) is 36.4 Å². The summed E-state index contributed by atoms with van der Waals surface area (Å²) in [5.41, 5.74) is 0.564. The van der Waals surface area contributed by atoms with Crippen LogP contribution in [0.25, 0.3) is 0 Å². The van der Waals surface area contributed by atoms with Gasteiger partial charge in [0.2, 0.25) is 0 Å². The summed E-state index contributed by atoms with van der Waals surface area (Å²) in [7, 11) is 0. The van der Waals surface area contributed by atoms with E-state index in [1.807, 2.05) is 31.2 Å². The highest BCUT2D eigenvalue weighted by molar-refractivity contribution is 9.10. The van der Waals surface area contributed by atoms with E-state index in [4.69, 9.17) is 0 Å². The lowest BCUT2D eigenvalue weighted by molar-refractivity contribution is 0.0971. The van der Waals surface area contributed by atoms with Crippen molar-refractivity contribution in [3.63, 3.8) is 0 Å². The van der Waals surface area contributed by atoms with Gasteiger partial charge in [-0.15, -0.1) is 0 Å². The molecular weight excluding hydrogens is 295 g/mol. The van der Waals surface area contributed by atoms with E-state index in [-0.39, 0.29) is 5.56 Å². The molecular formula is C15H14BrFO. The van der Waals surface area contributed by atoms with Gasteiger partial charge in [0, 0.05) is 5.56 Å². The molecule has 0 aromatic heterocycles. The van der Waals surface area contributed by atoms with Crippen LogP contribution in [0.3, 0.4) is 0 Å². The Balaban J connectivity index is 2.62. The summed E-state index contributed by atoms with van der Waals surface area (Å²) in [5.74, 6) is -0.425. The molecule has 0 aliphatic rings. The maximum absolute atomic E-state index is 14.1. The van der Waals surface area contributed by atoms with E-state index >= 15 is 0 Å². The average molecular weight is 309 g/mol. The molecule has 2 aromatic carbocycles. The zero-order valence-corrected chi connectivity index (χ0v) is 11.8. The number of hydrogen-bond donors (Lipinski definition) is 1. The van der Waals surface area contributed by atoms with Gasteiger partial charge < -0.3 is 5.11 Å². The van der Waals surface area contributed by atoms with Gasteiger partial charge in [-0.2, -0.15) is 0 Å². The van der Waals surface area contributed by atoms with Crippen molar-refractivity contribution in [2.45, 2.75) is 19.4 Å². The van der Waals surface area contributed by atoms with Crippen molar-refractivity contribution in [3.05, 3.63) is 69.4 Å². The minimum Gasteiger partial charge on any atom is -0.381 e. The largest absolute Gasteiger partial charge is 0.381 e. The Morgan fingerprint density at radius 1 is 1.06 bits per heavy atom. The highest BCUT2D eigenvalue weighted by Gasteiger charge is 2.30. The van der Waals surface area contributed by atoms with Crippen LogP contribution in [0.1, 0.15) is 23.6 Å². The number of hydrogen-bond acceptors (Lipinski definition) is 1. The molecule has 1 unspecified atom stereocenters. The van der Waals surface area contributed by atoms with Crippen LogP contribution < -0.4 is 0 Å². The van der Waals surface area contributed by atoms with Crippen molar-refractivity contribution < 1.29 is 9.50 Å². The third kappa shape index (κ3) is 2.20. The molecule has 0 heterocycles. The van der Waals surface area contributed by atoms with Crippen molar-refractivity contribution in [1.29, 1.82) is 0 Å². The fourth-order valence-corrected chi connectivity index (χ4v) is 2.51. The topological polar surface area (TPSA) is 20.2 Å². The van der Waals surface area contributed by atoms with E-state index in [2.05, 4.69) is 15.9 Å². The molecule has 1 nitrogen and oxygen atoms in total. The van der Waals surface area contributed by atoms with Crippen LogP contribution in [0, 0.1) is 12.7 Å². The van der Waals surface area contributed by atoms with Gasteiger partial charge >= 0.3 is 0 Å². The second kappa shape index (κ2) is 4.82. The first kappa shape index (κ1) is 13.2. The lowest BCUT2D eigenvalue weighted by Gasteiger charge is -2.27. The number of halogens is 2. The smallest absolute Gasteiger partial charge is 0.143 e. The molecule has 0 radical (unpaired) electrons. The van der Waals surface area contributed by atoms with Crippen molar-refractivity contribution in [3.8, 4) is 0 Å². The van der Waals surface area contributed by atoms with E-state index in [9.17, 15) is 9.50 Å². The Morgan fingerprint density at radius 2 is 1.67 bits per heavy atom. The Morgan fingerprint density at radius 3 is 2.33 bits per heavy atom. The maximum atomic E-state index is 14.1. The van der Waals surface area contributed by atoms with Crippen LogP contribution in [-0.4, -0.2) is 5.11 Å². The van der Waals surface area contributed by atoms with E-state index in [1.165, 1.54) is 0 Å². The van der Waals surface area contributed by atoms with Gasteiger partial charge in [-0.3, -0.25) is 0 Å². The third-order valence-corrected chi connectivity index (χ3v) is 3.76. The molecule has 3 heteroatoms. The van der Waals surface area contributed by atoms with E-state index in [0.29, 0.717) is 10.0 Å². The molecule has 0 spiro atoms. The molecule has 2 aromatic rings. The van der Waals surface area contributed by atoms with Crippen molar-refractivity contribution in [2.75, 3.05) is 0 Å². The molecule has 0 aliphatic heterocycles. The molecule has 1 N–H and O–H groups in total. The molecule has 0 bridgehead atoms. The molecule has 18 heavy (non-hydrogen) atoms. The van der Waals surface area contributed by atoms with E-state index < -0.39 is 11.4 Å². The van der Waals surface area contributed by atoms with Crippen LogP contribution in [0.5, 0.6) is 0 Å². The second-order valence-corrected chi connectivity index (χ2v) is 5.34. The molecule has 0 saturated carbocycles. The predicted octanol–water partition coefficient (Wildman–Crippen LogP) is 4.15. The summed E-state index contributed by atoms with van der Waals surface area (Å²) in [5, 5.41) is 10.7. The summed E-state index contributed by atoms with van der Waals surface area (Å²) in [6.07, 6.45) is 0. The van der Waals surface area contributed by atoms with Crippen LogP contribution in [0.2, 0.25) is 0 Å². The van der Waals surface area contributed by atoms with Gasteiger partial charge in [0.25, 0.3) is 0 Å². The van der Waals surface area contributed by atoms with E-state index in [0.717, 1.165) is 5.56 Å². The summed E-state index contributed by atoms with van der Waals surface area (Å²) < 4.78 is 14.5. The molecule has 0 fully saturated rings. The Labute approximate surface area is 114 Å². The molecule has 0 amide bonds. The fourth-order valence-electron chi connectivity index (χ4n) is 2.14. The van der Waals surface area contributed by atoms with Gasteiger partial charge in [-0.25, -0.2) is 4.39 Å². The molecule has 2 rings (SSSR count). The minimum atomic E-state index is -1.35. The Kier molecular flexibility index (Phi) is 3.55. The molecule has 1 atom stereocenters. The normalized spacial score (nSPS) is 14.3. The summed E-state index contributed by atoms with van der Waals surface area (Å²) >= 11 is 3.14.